The van der Waals surface area contributed by atoms with Crippen molar-refractivity contribution in [2.24, 2.45) is 0 Å². The van der Waals surface area contributed by atoms with Gasteiger partial charge < -0.3 is 4.90 Å². The highest BCUT2D eigenvalue weighted by molar-refractivity contribution is 5.85. The average molecular weight is 288 g/mol. The summed E-state index contributed by atoms with van der Waals surface area (Å²) in [6.07, 6.45) is 3.38. The van der Waals surface area contributed by atoms with Gasteiger partial charge in [-0.3, -0.25) is 0 Å². The topological polar surface area (TPSA) is 3.24 Å². The Hall–Kier alpha value is -1.31. The lowest BCUT2D eigenvalue weighted by Crippen LogP contribution is -2.33. The summed E-state index contributed by atoms with van der Waals surface area (Å²) in [4.78, 5) is 2.36. The summed E-state index contributed by atoms with van der Waals surface area (Å²) in [6.45, 7) is 0. The van der Waals surface area contributed by atoms with Gasteiger partial charge in [-0.15, -0.1) is 12.4 Å². The number of nitrogens with zero attached hydrogens (tertiary/aromatic N) is 1. The minimum Gasteiger partial charge on any atom is -0.306 e. The van der Waals surface area contributed by atoms with E-state index >= 15 is 0 Å². The Kier molecular flexibility index (Phi) is 4.85. The molecule has 0 N–H and O–H groups in total. The van der Waals surface area contributed by atoms with Crippen LogP contribution in [0.1, 0.15) is 22.3 Å². The molecule has 0 bridgehead atoms. The van der Waals surface area contributed by atoms with Gasteiger partial charge in [-0.05, 0) is 55.6 Å². The summed E-state index contributed by atoms with van der Waals surface area (Å²) in [5, 5.41) is 0. The molecule has 0 heterocycles. The molecular formula is C18H22ClN. The molecule has 20 heavy (non-hydrogen) atoms. The maximum atomic E-state index is 2.36. The monoisotopic (exact) mass is 287 g/mol. The van der Waals surface area contributed by atoms with Crippen LogP contribution in [0.15, 0.2) is 48.5 Å². The van der Waals surface area contributed by atoms with E-state index in [0.29, 0.717) is 6.04 Å². The molecule has 0 fully saturated rings. The van der Waals surface area contributed by atoms with Crippen LogP contribution in [0.4, 0.5) is 0 Å². The summed E-state index contributed by atoms with van der Waals surface area (Å²) in [5.41, 5.74) is 5.99. The van der Waals surface area contributed by atoms with Crippen molar-refractivity contribution in [1.82, 2.24) is 4.90 Å². The molecule has 2 heteroatoms. The second-order valence-corrected chi connectivity index (χ2v) is 5.74. The van der Waals surface area contributed by atoms with Gasteiger partial charge in [0.05, 0.1) is 0 Å². The fraction of sp³-hybridized carbons (Fsp3) is 0.333. The van der Waals surface area contributed by atoms with Crippen LogP contribution in [0.5, 0.6) is 0 Å². The van der Waals surface area contributed by atoms with Crippen molar-refractivity contribution < 1.29 is 0 Å². The molecule has 1 aliphatic carbocycles. The zero-order chi connectivity index (χ0) is 13.2. The molecule has 0 radical (unpaired) electrons. The third kappa shape index (κ3) is 3.05. The van der Waals surface area contributed by atoms with E-state index in [1.807, 2.05) is 0 Å². The highest BCUT2D eigenvalue weighted by Gasteiger charge is 2.19. The van der Waals surface area contributed by atoms with Crippen molar-refractivity contribution in [3.05, 3.63) is 70.8 Å². The Morgan fingerprint density at radius 2 is 1.15 bits per heavy atom. The molecule has 2 aromatic rings. The summed E-state index contributed by atoms with van der Waals surface area (Å²) < 4.78 is 0. The van der Waals surface area contributed by atoms with Gasteiger partial charge in [0.2, 0.25) is 0 Å². The summed E-state index contributed by atoms with van der Waals surface area (Å²) in [6, 6.07) is 18.4. The van der Waals surface area contributed by atoms with E-state index in [-0.39, 0.29) is 12.4 Å². The normalized spacial score (nSPS) is 14.8. The Bertz CT molecular complexity index is 530. The number of fused-ring (bicyclic) bond motifs is 2. The third-order valence-corrected chi connectivity index (χ3v) is 4.26. The van der Waals surface area contributed by atoms with Crippen LogP contribution in [0.2, 0.25) is 0 Å². The molecule has 1 aliphatic rings. The van der Waals surface area contributed by atoms with E-state index in [0.717, 1.165) is 19.3 Å². The van der Waals surface area contributed by atoms with Crippen molar-refractivity contribution in [2.45, 2.75) is 25.3 Å². The molecule has 0 spiro atoms. The molecule has 3 rings (SSSR count). The Morgan fingerprint density at radius 1 is 0.750 bits per heavy atom. The maximum Gasteiger partial charge on any atom is 0.0170 e. The number of rotatable bonds is 1. The van der Waals surface area contributed by atoms with E-state index in [9.17, 15) is 0 Å². The van der Waals surface area contributed by atoms with Crippen LogP contribution in [-0.4, -0.2) is 25.0 Å². The Balaban J connectivity index is 0.00000147. The van der Waals surface area contributed by atoms with Crippen molar-refractivity contribution in [3.8, 4) is 0 Å². The fourth-order valence-corrected chi connectivity index (χ4v) is 3.01. The molecule has 0 aliphatic heterocycles. The van der Waals surface area contributed by atoms with E-state index < -0.39 is 0 Å². The molecule has 1 nitrogen and oxygen atoms in total. The van der Waals surface area contributed by atoms with E-state index in [4.69, 9.17) is 0 Å². The molecule has 0 amide bonds. The number of benzene rings is 2. The van der Waals surface area contributed by atoms with Crippen LogP contribution in [-0.2, 0) is 19.3 Å². The predicted molar refractivity (Wildman–Crippen MR) is 87.8 cm³/mol. The average Bonchev–Trinajstić information content (AvgIpc) is 2.38. The van der Waals surface area contributed by atoms with Gasteiger partial charge in [0.15, 0.2) is 0 Å². The van der Waals surface area contributed by atoms with Gasteiger partial charge in [-0.25, -0.2) is 0 Å². The van der Waals surface area contributed by atoms with Crippen LogP contribution < -0.4 is 0 Å². The highest BCUT2D eigenvalue weighted by atomic mass is 35.5. The fourth-order valence-electron chi connectivity index (χ4n) is 3.01. The first kappa shape index (κ1) is 15.1. The van der Waals surface area contributed by atoms with Gasteiger partial charge in [-0.1, -0.05) is 48.5 Å². The second kappa shape index (κ2) is 6.43. The molecule has 0 aromatic heterocycles. The maximum absolute atomic E-state index is 2.36. The lowest BCUT2D eigenvalue weighted by atomic mass is 9.86. The smallest absolute Gasteiger partial charge is 0.0170 e. The van der Waals surface area contributed by atoms with Crippen LogP contribution in [0.25, 0.3) is 0 Å². The summed E-state index contributed by atoms with van der Waals surface area (Å²) >= 11 is 0. The first-order valence-corrected chi connectivity index (χ1v) is 7.04. The quantitative estimate of drug-likeness (QED) is 0.772. The van der Waals surface area contributed by atoms with Crippen molar-refractivity contribution in [3.63, 3.8) is 0 Å². The minimum atomic E-state index is 0. The number of halogens is 1. The van der Waals surface area contributed by atoms with Crippen molar-refractivity contribution in [1.29, 1.82) is 0 Å². The Morgan fingerprint density at radius 3 is 1.55 bits per heavy atom. The number of hydrogen-bond acceptors (Lipinski definition) is 1. The largest absolute Gasteiger partial charge is 0.306 e. The molecule has 0 saturated carbocycles. The second-order valence-electron chi connectivity index (χ2n) is 5.74. The molecular weight excluding hydrogens is 266 g/mol. The zero-order valence-corrected chi connectivity index (χ0v) is 13.0. The SMILES string of the molecule is CN(C)C1Cc2ccccc2Cc2ccccc2C1.Cl. The lowest BCUT2D eigenvalue weighted by Gasteiger charge is -2.28. The first-order valence-electron chi connectivity index (χ1n) is 7.04. The molecule has 2 aromatic carbocycles. The third-order valence-electron chi connectivity index (χ3n) is 4.26. The van der Waals surface area contributed by atoms with Gasteiger partial charge in [-0.2, -0.15) is 0 Å². The number of hydrogen-bond donors (Lipinski definition) is 0. The van der Waals surface area contributed by atoms with E-state index in [2.05, 4.69) is 67.5 Å². The molecule has 0 unspecified atom stereocenters. The summed E-state index contributed by atoms with van der Waals surface area (Å²) in [7, 11) is 4.38. The zero-order valence-electron chi connectivity index (χ0n) is 12.2. The van der Waals surface area contributed by atoms with Crippen molar-refractivity contribution in [2.75, 3.05) is 14.1 Å². The number of likely N-dealkylation sites (N-methyl/N-ethyl adjacent to an activating group) is 1. The van der Waals surface area contributed by atoms with E-state index in [1.54, 1.807) is 0 Å². The molecule has 0 atom stereocenters. The van der Waals surface area contributed by atoms with Gasteiger partial charge >= 0.3 is 0 Å². The summed E-state index contributed by atoms with van der Waals surface area (Å²) in [5.74, 6) is 0. The Labute approximate surface area is 128 Å². The molecule has 106 valence electrons. The highest BCUT2D eigenvalue weighted by Crippen LogP contribution is 2.25. The van der Waals surface area contributed by atoms with Crippen LogP contribution in [0.3, 0.4) is 0 Å². The van der Waals surface area contributed by atoms with Gasteiger partial charge in [0.25, 0.3) is 0 Å². The first-order chi connectivity index (χ1) is 9.24. The molecule has 0 saturated heterocycles. The van der Waals surface area contributed by atoms with Crippen LogP contribution in [0, 0.1) is 0 Å². The lowest BCUT2D eigenvalue weighted by molar-refractivity contribution is 0.288. The minimum absolute atomic E-state index is 0. The van der Waals surface area contributed by atoms with Gasteiger partial charge in [0, 0.05) is 6.04 Å². The standard InChI is InChI=1S/C18H21N.ClH/c1-19(2)18-12-16-9-5-3-7-14(16)11-15-8-4-6-10-17(15)13-18;/h3-10,18H,11-13H2,1-2H3;1H. The van der Waals surface area contributed by atoms with Crippen LogP contribution >= 0.6 is 12.4 Å². The van der Waals surface area contributed by atoms with Gasteiger partial charge in [0.1, 0.15) is 0 Å². The predicted octanol–water partition coefficient (Wildman–Crippen LogP) is 3.73. The van der Waals surface area contributed by atoms with E-state index in [1.165, 1.54) is 22.3 Å². The van der Waals surface area contributed by atoms with Crippen molar-refractivity contribution >= 4 is 12.4 Å².